The first-order chi connectivity index (χ1) is 10.6. The van der Waals surface area contributed by atoms with Gasteiger partial charge >= 0.3 is 0 Å². The highest BCUT2D eigenvalue weighted by Gasteiger charge is 2.12. The fourth-order valence-corrected chi connectivity index (χ4v) is 2.63. The summed E-state index contributed by atoms with van der Waals surface area (Å²) in [6.07, 6.45) is 4.71. The zero-order valence-corrected chi connectivity index (χ0v) is 12.9. The van der Waals surface area contributed by atoms with Gasteiger partial charge in [-0.05, 0) is 49.7 Å². The molecule has 0 fully saturated rings. The molecule has 0 aliphatic heterocycles. The topological polar surface area (TPSA) is 44.1 Å². The molecule has 0 bridgehead atoms. The molecular weight excluding hydrogens is 276 g/mol. The van der Waals surface area contributed by atoms with Gasteiger partial charge in [0.25, 0.3) is 0 Å². The summed E-state index contributed by atoms with van der Waals surface area (Å²) >= 11 is 0. The second kappa shape index (κ2) is 5.64. The van der Waals surface area contributed by atoms with Crippen molar-refractivity contribution in [1.29, 1.82) is 0 Å². The van der Waals surface area contributed by atoms with E-state index in [0.29, 0.717) is 11.3 Å². The number of carbonyl (C=O) groups is 1. The predicted molar refractivity (Wildman–Crippen MR) is 87.3 cm³/mol. The zero-order chi connectivity index (χ0) is 15.7. The lowest BCUT2D eigenvalue weighted by Crippen LogP contribution is -2.05. The lowest BCUT2D eigenvalue weighted by molar-refractivity contribution is 0.112. The molecule has 2 aromatic heterocycles. The van der Waals surface area contributed by atoms with Gasteiger partial charge in [0, 0.05) is 36.0 Å². The normalized spacial score (nSPS) is 11.1. The van der Waals surface area contributed by atoms with E-state index in [1.807, 2.05) is 55.9 Å². The lowest BCUT2D eigenvalue weighted by atomic mass is 10.0. The van der Waals surface area contributed by atoms with Gasteiger partial charge in [-0.1, -0.05) is 0 Å². The van der Waals surface area contributed by atoms with Gasteiger partial charge in [0.15, 0.2) is 0 Å². The van der Waals surface area contributed by atoms with Crippen molar-refractivity contribution in [3.8, 4) is 16.9 Å². The van der Waals surface area contributed by atoms with Crippen LogP contribution in [0.2, 0.25) is 0 Å². The molecule has 0 saturated carbocycles. The van der Waals surface area contributed by atoms with Crippen LogP contribution in [0.25, 0.3) is 22.2 Å². The van der Waals surface area contributed by atoms with Gasteiger partial charge in [-0.25, -0.2) is 4.98 Å². The van der Waals surface area contributed by atoms with Crippen LogP contribution in [0.5, 0.6) is 5.75 Å². The average molecular weight is 294 g/mol. The first-order valence-electron chi connectivity index (χ1n) is 7.26. The van der Waals surface area contributed by atoms with E-state index in [-0.39, 0.29) is 6.10 Å². The maximum atomic E-state index is 11.2. The fourth-order valence-electron chi connectivity index (χ4n) is 2.63. The van der Waals surface area contributed by atoms with Gasteiger partial charge in [0.2, 0.25) is 0 Å². The first kappa shape index (κ1) is 14.3. The Morgan fingerprint density at radius 2 is 2.09 bits per heavy atom. The molecule has 4 heteroatoms. The average Bonchev–Trinajstić information content (AvgIpc) is 2.84. The van der Waals surface area contributed by atoms with Gasteiger partial charge in [-0.2, -0.15) is 0 Å². The summed E-state index contributed by atoms with van der Waals surface area (Å²) in [5, 5.41) is 1.06. The Kier molecular flexibility index (Phi) is 3.67. The molecule has 0 unspecified atom stereocenters. The Labute approximate surface area is 129 Å². The van der Waals surface area contributed by atoms with Crippen LogP contribution < -0.4 is 4.74 Å². The van der Waals surface area contributed by atoms with E-state index in [1.54, 1.807) is 12.3 Å². The van der Waals surface area contributed by atoms with E-state index < -0.39 is 0 Å². The summed E-state index contributed by atoms with van der Waals surface area (Å²) in [7, 11) is 1.97. The van der Waals surface area contributed by atoms with Crippen molar-refractivity contribution in [3.05, 3.63) is 48.3 Å². The molecule has 3 aromatic rings. The Balaban J connectivity index is 2.19. The van der Waals surface area contributed by atoms with Crippen molar-refractivity contribution in [2.45, 2.75) is 20.0 Å². The number of nitrogens with zero attached hydrogens (tertiary/aromatic N) is 2. The predicted octanol–water partition coefficient (Wildman–Crippen LogP) is 3.84. The quantitative estimate of drug-likeness (QED) is 0.687. The van der Waals surface area contributed by atoms with Crippen molar-refractivity contribution < 1.29 is 9.53 Å². The molecule has 0 radical (unpaired) electrons. The van der Waals surface area contributed by atoms with Crippen molar-refractivity contribution in [1.82, 2.24) is 9.55 Å². The number of hydrogen-bond acceptors (Lipinski definition) is 3. The third-order valence-electron chi connectivity index (χ3n) is 3.48. The van der Waals surface area contributed by atoms with Crippen molar-refractivity contribution >= 4 is 17.3 Å². The third-order valence-corrected chi connectivity index (χ3v) is 3.48. The van der Waals surface area contributed by atoms with E-state index in [0.717, 1.165) is 28.4 Å². The van der Waals surface area contributed by atoms with E-state index in [2.05, 4.69) is 4.98 Å². The highest BCUT2D eigenvalue weighted by atomic mass is 16.5. The number of aromatic nitrogens is 2. The largest absolute Gasteiger partial charge is 0.491 e. The van der Waals surface area contributed by atoms with Crippen LogP contribution in [0, 0.1) is 0 Å². The number of aldehydes is 1. The van der Waals surface area contributed by atoms with E-state index >= 15 is 0 Å². The first-order valence-corrected chi connectivity index (χ1v) is 7.26. The lowest BCUT2D eigenvalue weighted by Gasteiger charge is -2.12. The molecule has 3 rings (SSSR count). The molecule has 112 valence electrons. The molecule has 2 heterocycles. The van der Waals surface area contributed by atoms with E-state index in [4.69, 9.17) is 4.74 Å². The van der Waals surface area contributed by atoms with Crippen LogP contribution >= 0.6 is 0 Å². The Hall–Kier alpha value is -2.62. The van der Waals surface area contributed by atoms with E-state index in [9.17, 15) is 4.79 Å². The summed E-state index contributed by atoms with van der Waals surface area (Å²) in [4.78, 5) is 15.6. The van der Waals surface area contributed by atoms with Crippen molar-refractivity contribution in [3.63, 3.8) is 0 Å². The van der Waals surface area contributed by atoms with Crippen molar-refractivity contribution in [2.75, 3.05) is 0 Å². The summed E-state index contributed by atoms with van der Waals surface area (Å²) in [6, 6.07) is 9.56. The summed E-state index contributed by atoms with van der Waals surface area (Å²) < 4.78 is 7.74. The summed E-state index contributed by atoms with van der Waals surface area (Å²) in [6.45, 7) is 3.93. The number of fused-ring (bicyclic) bond motifs is 1. The van der Waals surface area contributed by atoms with Gasteiger partial charge in [-0.15, -0.1) is 0 Å². The molecule has 0 aliphatic carbocycles. The smallest absolute Gasteiger partial charge is 0.150 e. The SMILES string of the molecule is CC(C)Oc1cc(C=O)cc(-c2cn(C)c3ncccc23)c1. The number of rotatable bonds is 4. The molecule has 0 atom stereocenters. The fraction of sp³-hybridized carbons (Fsp3) is 0.222. The molecule has 1 aromatic carbocycles. The number of ether oxygens (including phenoxy) is 1. The maximum absolute atomic E-state index is 11.2. The monoisotopic (exact) mass is 294 g/mol. The van der Waals surface area contributed by atoms with E-state index in [1.165, 1.54) is 0 Å². The minimum absolute atomic E-state index is 0.0592. The molecule has 22 heavy (non-hydrogen) atoms. The van der Waals surface area contributed by atoms with Crippen LogP contribution in [0.3, 0.4) is 0 Å². The van der Waals surface area contributed by atoms with Gasteiger partial charge < -0.3 is 9.30 Å². The Bertz CT molecular complexity index is 834. The molecule has 4 nitrogen and oxygen atoms in total. The van der Waals surface area contributed by atoms with Crippen molar-refractivity contribution in [2.24, 2.45) is 7.05 Å². The number of carbonyl (C=O) groups excluding carboxylic acids is 1. The van der Waals surface area contributed by atoms with Crippen LogP contribution in [0.15, 0.2) is 42.7 Å². The number of aryl methyl sites for hydroxylation is 1. The molecule has 0 spiro atoms. The van der Waals surface area contributed by atoms with Crippen LogP contribution in [-0.4, -0.2) is 21.9 Å². The Morgan fingerprint density at radius 1 is 1.27 bits per heavy atom. The molecule has 0 saturated heterocycles. The molecule has 0 amide bonds. The van der Waals surface area contributed by atoms with Crippen LogP contribution in [0.4, 0.5) is 0 Å². The second-order valence-electron chi connectivity index (χ2n) is 5.60. The van der Waals surface area contributed by atoms with Gasteiger partial charge in [0.1, 0.15) is 17.7 Å². The minimum atomic E-state index is 0.0592. The van der Waals surface area contributed by atoms with Crippen LogP contribution in [0.1, 0.15) is 24.2 Å². The highest BCUT2D eigenvalue weighted by Crippen LogP contribution is 2.32. The zero-order valence-electron chi connectivity index (χ0n) is 12.9. The van der Waals surface area contributed by atoms with Gasteiger partial charge in [0.05, 0.1) is 6.10 Å². The maximum Gasteiger partial charge on any atom is 0.150 e. The minimum Gasteiger partial charge on any atom is -0.491 e. The second-order valence-corrected chi connectivity index (χ2v) is 5.60. The number of pyridine rings is 1. The van der Waals surface area contributed by atoms with Gasteiger partial charge in [-0.3, -0.25) is 4.79 Å². The Morgan fingerprint density at radius 3 is 2.82 bits per heavy atom. The number of benzene rings is 1. The van der Waals surface area contributed by atoms with Crippen LogP contribution in [-0.2, 0) is 7.05 Å². The number of hydrogen-bond donors (Lipinski definition) is 0. The summed E-state index contributed by atoms with van der Waals surface area (Å²) in [5.41, 5.74) is 3.52. The molecular formula is C18H18N2O2. The highest BCUT2D eigenvalue weighted by molar-refractivity contribution is 5.95. The summed E-state index contributed by atoms with van der Waals surface area (Å²) in [5.74, 6) is 0.704. The molecule has 0 aliphatic rings. The standard InChI is InChI=1S/C18H18N2O2/c1-12(2)22-15-8-13(11-21)7-14(9-15)17-10-20(3)18-16(17)5-4-6-19-18/h4-12H,1-3H3. The third kappa shape index (κ3) is 2.60. The molecule has 0 N–H and O–H groups in total.